The number of amides is 1. The minimum Gasteiger partial charge on any atom is -0.359 e. The highest BCUT2D eigenvalue weighted by Crippen LogP contribution is 2.28. The van der Waals surface area contributed by atoms with Gasteiger partial charge in [-0.3, -0.25) is 4.79 Å². The fourth-order valence-electron chi connectivity index (χ4n) is 1.83. The Bertz CT molecular complexity index is 179. The van der Waals surface area contributed by atoms with Gasteiger partial charge < -0.3 is 10.1 Å². The highest BCUT2D eigenvalue weighted by atomic mass is 16.2. The summed E-state index contributed by atoms with van der Waals surface area (Å²) >= 11 is 0. The van der Waals surface area contributed by atoms with Crippen molar-refractivity contribution in [1.82, 2.24) is 5.32 Å². The van der Waals surface area contributed by atoms with E-state index in [4.69, 9.17) is 0 Å². The summed E-state index contributed by atoms with van der Waals surface area (Å²) < 4.78 is 0. The van der Waals surface area contributed by atoms with Crippen LogP contribution in [0.25, 0.3) is 0 Å². The van der Waals surface area contributed by atoms with Crippen LogP contribution in [0.2, 0.25) is 0 Å². The second-order valence-electron chi connectivity index (χ2n) is 3.31. The van der Waals surface area contributed by atoms with Crippen LogP contribution in [0, 0.1) is 11.8 Å². The van der Waals surface area contributed by atoms with Crippen molar-refractivity contribution in [2.75, 3.05) is 7.05 Å². The van der Waals surface area contributed by atoms with Crippen molar-refractivity contribution >= 4 is 12.2 Å². The summed E-state index contributed by atoms with van der Waals surface area (Å²) in [5, 5.41) is 2.60. The predicted molar refractivity (Wildman–Crippen MR) is 45.6 cm³/mol. The van der Waals surface area contributed by atoms with Gasteiger partial charge in [-0.1, -0.05) is 12.8 Å². The molecule has 1 fully saturated rings. The number of carbonyl (C=O) groups excluding carboxylic acids is 2. The molecule has 0 aromatic rings. The predicted octanol–water partition coefficient (Wildman–Crippen LogP) is 0.738. The molecule has 1 saturated carbocycles. The zero-order valence-corrected chi connectivity index (χ0v) is 7.38. The third kappa shape index (κ3) is 1.84. The van der Waals surface area contributed by atoms with Gasteiger partial charge in [0.25, 0.3) is 0 Å². The number of aldehydes is 1. The van der Waals surface area contributed by atoms with Gasteiger partial charge in [0.2, 0.25) is 5.91 Å². The number of hydrogen-bond donors (Lipinski definition) is 1. The standard InChI is InChI=1S/C9H15NO2/c1-10-9(12)8-5-3-2-4-7(8)6-11/h6-8H,2-5H2,1H3,(H,10,12). The molecule has 3 heteroatoms. The van der Waals surface area contributed by atoms with Crippen LogP contribution in [0.15, 0.2) is 0 Å². The lowest BCUT2D eigenvalue weighted by atomic mass is 9.79. The summed E-state index contributed by atoms with van der Waals surface area (Å²) in [6.45, 7) is 0. The number of nitrogens with one attached hydrogen (secondary N) is 1. The summed E-state index contributed by atoms with van der Waals surface area (Å²) in [4.78, 5) is 21.9. The smallest absolute Gasteiger partial charge is 0.223 e. The van der Waals surface area contributed by atoms with Crippen molar-refractivity contribution in [1.29, 1.82) is 0 Å². The average Bonchev–Trinajstić information content (AvgIpc) is 2.16. The molecule has 0 aromatic heterocycles. The van der Waals surface area contributed by atoms with Crippen molar-refractivity contribution in [3.63, 3.8) is 0 Å². The minimum atomic E-state index is -0.0683. The molecule has 1 amide bonds. The maximum absolute atomic E-state index is 11.3. The largest absolute Gasteiger partial charge is 0.359 e. The van der Waals surface area contributed by atoms with Gasteiger partial charge >= 0.3 is 0 Å². The van der Waals surface area contributed by atoms with E-state index in [-0.39, 0.29) is 17.7 Å². The first-order chi connectivity index (χ1) is 5.79. The zero-order chi connectivity index (χ0) is 8.97. The molecule has 0 aliphatic heterocycles. The molecular weight excluding hydrogens is 154 g/mol. The molecule has 0 saturated heterocycles. The van der Waals surface area contributed by atoms with E-state index in [0.717, 1.165) is 32.0 Å². The van der Waals surface area contributed by atoms with Crippen LogP contribution in [0.5, 0.6) is 0 Å². The lowest BCUT2D eigenvalue weighted by Gasteiger charge is -2.25. The van der Waals surface area contributed by atoms with E-state index >= 15 is 0 Å². The van der Waals surface area contributed by atoms with Crippen LogP contribution < -0.4 is 5.32 Å². The van der Waals surface area contributed by atoms with Crippen LogP contribution >= 0.6 is 0 Å². The van der Waals surface area contributed by atoms with Crippen molar-refractivity contribution < 1.29 is 9.59 Å². The van der Waals surface area contributed by atoms with Crippen LogP contribution in [-0.4, -0.2) is 19.2 Å². The molecule has 68 valence electrons. The van der Waals surface area contributed by atoms with Crippen molar-refractivity contribution in [2.45, 2.75) is 25.7 Å². The quantitative estimate of drug-likeness (QED) is 0.620. The number of hydrogen-bond acceptors (Lipinski definition) is 2. The monoisotopic (exact) mass is 169 g/mol. The Morgan fingerprint density at radius 1 is 1.42 bits per heavy atom. The SMILES string of the molecule is CNC(=O)C1CCCCC1C=O. The van der Waals surface area contributed by atoms with Gasteiger partial charge in [0.15, 0.2) is 0 Å². The van der Waals surface area contributed by atoms with Gasteiger partial charge in [0.05, 0.1) is 0 Å². The summed E-state index contributed by atoms with van der Waals surface area (Å²) in [6, 6.07) is 0. The van der Waals surface area contributed by atoms with E-state index in [1.807, 2.05) is 0 Å². The van der Waals surface area contributed by atoms with E-state index in [1.54, 1.807) is 7.05 Å². The van der Waals surface area contributed by atoms with E-state index in [2.05, 4.69) is 5.32 Å². The first kappa shape index (κ1) is 9.23. The topological polar surface area (TPSA) is 46.2 Å². The molecule has 0 bridgehead atoms. The van der Waals surface area contributed by atoms with Crippen molar-refractivity contribution in [2.24, 2.45) is 11.8 Å². The Kier molecular flexibility index (Phi) is 3.26. The number of carbonyl (C=O) groups is 2. The second-order valence-corrected chi connectivity index (χ2v) is 3.31. The van der Waals surface area contributed by atoms with Crippen LogP contribution in [0.1, 0.15) is 25.7 Å². The van der Waals surface area contributed by atoms with Crippen LogP contribution in [0.4, 0.5) is 0 Å². The van der Waals surface area contributed by atoms with Gasteiger partial charge in [-0.05, 0) is 12.8 Å². The molecule has 0 spiro atoms. The normalized spacial score (nSPS) is 29.4. The Labute approximate surface area is 72.5 Å². The lowest BCUT2D eigenvalue weighted by molar-refractivity contribution is -0.130. The summed E-state index contributed by atoms with van der Waals surface area (Å²) in [5.74, 6) is -0.0910. The van der Waals surface area contributed by atoms with Crippen LogP contribution in [-0.2, 0) is 9.59 Å². The summed E-state index contributed by atoms with van der Waals surface area (Å²) in [6.07, 6.45) is 4.82. The fourth-order valence-corrected chi connectivity index (χ4v) is 1.83. The molecule has 3 nitrogen and oxygen atoms in total. The Morgan fingerprint density at radius 3 is 2.67 bits per heavy atom. The molecule has 2 atom stereocenters. The third-order valence-electron chi connectivity index (χ3n) is 2.58. The van der Waals surface area contributed by atoms with Gasteiger partial charge in [-0.25, -0.2) is 0 Å². The summed E-state index contributed by atoms with van der Waals surface area (Å²) in [7, 11) is 1.62. The van der Waals surface area contributed by atoms with Crippen molar-refractivity contribution in [3.8, 4) is 0 Å². The maximum atomic E-state index is 11.3. The Hall–Kier alpha value is -0.860. The van der Waals surface area contributed by atoms with Gasteiger partial charge in [-0.15, -0.1) is 0 Å². The first-order valence-corrected chi connectivity index (χ1v) is 4.46. The van der Waals surface area contributed by atoms with E-state index in [0.29, 0.717) is 0 Å². The molecule has 1 aliphatic carbocycles. The average molecular weight is 169 g/mol. The molecule has 0 radical (unpaired) electrons. The molecule has 1 rings (SSSR count). The molecule has 1 aliphatic rings. The van der Waals surface area contributed by atoms with Crippen molar-refractivity contribution in [3.05, 3.63) is 0 Å². The molecule has 2 unspecified atom stereocenters. The van der Waals surface area contributed by atoms with E-state index in [9.17, 15) is 9.59 Å². The zero-order valence-electron chi connectivity index (χ0n) is 7.38. The molecular formula is C9H15NO2. The summed E-state index contributed by atoms with van der Waals surface area (Å²) in [5.41, 5.74) is 0. The van der Waals surface area contributed by atoms with E-state index < -0.39 is 0 Å². The molecule has 0 aromatic carbocycles. The maximum Gasteiger partial charge on any atom is 0.223 e. The number of rotatable bonds is 2. The Balaban J connectivity index is 2.58. The third-order valence-corrected chi connectivity index (χ3v) is 2.58. The molecule has 0 heterocycles. The first-order valence-electron chi connectivity index (χ1n) is 4.46. The van der Waals surface area contributed by atoms with E-state index in [1.165, 1.54) is 0 Å². The highest BCUT2D eigenvalue weighted by molar-refractivity contribution is 5.81. The van der Waals surface area contributed by atoms with Crippen LogP contribution in [0.3, 0.4) is 0 Å². The minimum absolute atomic E-state index is 0.0202. The fraction of sp³-hybridized carbons (Fsp3) is 0.778. The lowest BCUT2D eigenvalue weighted by Crippen LogP contribution is -2.35. The highest BCUT2D eigenvalue weighted by Gasteiger charge is 2.29. The second kappa shape index (κ2) is 4.24. The van der Waals surface area contributed by atoms with Gasteiger partial charge in [0.1, 0.15) is 6.29 Å². The van der Waals surface area contributed by atoms with Gasteiger partial charge in [0, 0.05) is 18.9 Å². The molecule has 1 N–H and O–H groups in total. The Morgan fingerprint density at radius 2 is 2.08 bits per heavy atom. The molecule has 12 heavy (non-hydrogen) atoms. The van der Waals surface area contributed by atoms with Gasteiger partial charge in [-0.2, -0.15) is 0 Å².